The number of anilines is 1. The minimum absolute atomic E-state index is 0.0314. The Labute approximate surface area is 152 Å². The van der Waals surface area contributed by atoms with Gasteiger partial charge in [0.25, 0.3) is 5.69 Å². The van der Waals surface area contributed by atoms with Gasteiger partial charge in [-0.2, -0.15) is 5.10 Å². The van der Waals surface area contributed by atoms with Crippen LogP contribution in [0.1, 0.15) is 25.8 Å². The fourth-order valence-electron chi connectivity index (χ4n) is 2.19. The Hall–Kier alpha value is -3.09. The molecule has 0 aliphatic rings. The minimum Gasteiger partial charge on any atom is -0.493 e. The summed E-state index contributed by atoms with van der Waals surface area (Å²) < 4.78 is 11.1. The van der Waals surface area contributed by atoms with Crippen molar-refractivity contribution >= 4 is 17.6 Å². The van der Waals surface area contributed by atoms with E-state index in [2.05, 4.69) is 24.4 Å². The first-order valence-electron chi connectivity index (χ1n) is 8.34. The van der Waals surface area contributed by atoms with Gasteiger partial charge in [0, 0.05) is 6.07 Å². The first-order valence-corrected chi connectivity index (χ1v) is 8.34. The number of nitro benzene ring substituents is 1. The Morgan fingerprint density at radius 3 is 2.69 bits per heavy atom. The van der Waals surface area contributed by atoms with Crippen LogP contribution in [0.3, 0.4) is 0 Å². The van der Waals surface area contributed by atoms with E-state index in [0.717, 1.165) is 12.0 Å². The van der Waals surface area contributed by atoms with Gasteiger partial charge in [-0.1, -0.05) is 26.0 Å². The smallest absolute Gasteiger partial charge is 0.294 e. The van der Waals surface area contributed by atoms with Crippen LogP contribution in [-0.2, 0) is 0 Å². The lowest BCUT2D eigenvalue weighted by Crippen LogP contribution is -2.03. The van der Waals surface area contributed by atoms with E-state index in [1.54, 1.807) is 37.6 Å². The third-order valence-electron chi connectivity index (χ3n) is 3.64. The number of nitrogens with zero attached hydrogens (tertiary/aromatic N) is 2. The van der Waals surface area contributed by atoms with Gasteiger partial charge in [0.1, 0.15) is 5.69 Å². The van der Waals surface area contributed by atoms with Crippen molar-refractivity contribution in [2.75, 3.05) is 19.1 Å². The molecule has 138 valence electrons. The normalized spacial score (nSPS) is 10.9. The maximum Gasteiger partial charge on any atom is 0.294 e. The second kappa shape index (κ2) is 9.41. The summed E-state index contributed by atoms with van der Waals surface area (Å²) in [6, 6.07) is 11.8. The first-order chi connectivity index (χ1) is 12.5. The molecule has 0 bridgehead atoms. The van der Waals surface area contributed by atoms with Crippen molar-refractivity contribution in [2.24, 2.45) is 11.0 Å². The molecule has 0 aromatic heterocycles. The summed E-state index contributed by atoms with van der Waals surface area (Å²) in [6.07, 6.45) is 2.53. The largest absolute Gasteiger partial charge is 0.493 e. The van der Waals surface area contributed by atoms with Crippen molar-refractivity contribution in [1.82, 2.24) is 0 Å². The molecule has 0 aliphatic heterocycles. The van der Waals surface area contributed by atoms with Gasteiger partial charge in [-0.15, -0.1) is 0 Å². The molecule has 0 saturated carbocycles. The number of ether oxygens (including phenoxy) is 2. The average molecular weight is 357 g/mol. The molecule has 2 aromatic carbocycles. The Morgan fingerprint density at radius 2 is 2.00 bits per heavy atom. The molecular formula is C19H23N3O4. The molecule has 7 heteroatoms. The van der Waals surface area contributed by atoms with E-state index >= 15 is 0 Å². The van der Waals surface area contributed by atoms with Gasteiger partial charge >= 0.3 is 0 Å². The second-order valence-electron chi connectivity index (χ2n) is 6.09. The lowest BCUT2D eigenvalue weighted by molar-refractivity contribution is -0.384. The number of methoxy groups -OCH3 is 1. The van der Waals surface area contributed by atoms with Gasteiger partial charge in [0.2, 0.25) is 0 Å². The van der Waals surface area contributed by atoms with E-state index in [1.165, 1.54) is 6.07 Å². The van der Waals surface area contributed by atoms with Crippen LogP contribution in [-0.4, -0.2) is 24.9 Å². The highest BCUT2D eigenvalue weighted by Gasteiger charge is 2.11. The summed E-state index contributed by atoms with van der Waals surface area (Å²) in [5, 5.41) is 15.1. The Kier molecular flexibility index (Phi) is 6.96. The van der Waals surface area contributed by atoms with Crippen LogP contribution in [0.4, 0.5) is 11.4 Å². The molecule has 7 nitrogen and oxygen atoms in total. The van der Waals surface area contributed by atoms with E-state index in [0.29, 0.717) is 29.7 Å². The zero-order valence-electron chi connectivity index (χ0n) is 15.1. The molecule has 0 aliphatic carbocycles. The highest BCUT2D eigenvalue weighted by atomic mass is 16.6. The number of nitrogens with one attached hydrogen (secondary N) is 1. The van der Waals surface area contributed by atoms with E-state index in [1.807, 2.05) is 12.1 Å². The molecule has 0 spiro atoms. The summed E-state index contributed by atoms with van der Waals surface area (Å²) in [6.45, 7) is 4.91. The standard InChI is InChI=1S/C19H23N3O4/c1-14(2)10-11-26-18-9-8-15(12-19(18)25-3)13-20-21-16-6-4-5-7-17(16)22(23)24/h4-9,12-14,21H,10-11H2,1-3H3. The molecular weight excluding hydrogens is 334 g/mol. The molecule has 2 rings (SSSR count). The van der Waals surface area contributed by atoms with Gasteiger partial charge in [-0.25, -0.2) is 0 Å². The number of hydrogen-bond acceptors (Lipinski definition) is 6. The van der Waals surface area contributed by atoms with Crippen LogP contribution < -0.4 is 14.9 Å². The molecule has 0 fully saturated rings. The molecule has 1 N–H and O–H groups in total. The van der Waals surface area contributed by atoms with Crippen molar-refractivity contribution in [1.29, 1.82) is 0 Å². The molecule has 0 amide bonds. The molecule has 2 aromatic rings. The van der Waals surface area contributed by atoms with Crippen LogP contribution in [0.15, 0.2) is 47.6 Å². The predicted molar refractivity (Wildman–Crippen MR) is 102 cm³/mol. The van der Waals surface area contributed by atoms with E-state index < -0.39 is 4.92 Å². The Bertz CT molecular complexity index is 775. The second-order valence-corrected chi connectivity index (χ2v) is 6.09. The topological polar surface area (TPSA) is 86.0 Å². The maximum absolute atomic E-state index is 11.0. The fraction of sp³-hybridized carbons (Fsp3) is 0.316. The van der Waals surface area contributed by atoms with Crippen LogP contribution in [0.25, 0.3) is 0 Å². The summed E-state index contributed by atoms with van der Waals surface area (Å²) in [4.78, 5) is 10.5. The third-order valence-corrected chi connectivity index (χ3v) is 3.64. The highest BCUT2D eigenvalue weighted by molar-refractivity contribution is 5.81. The third kappa shape index (κ3) is 5.47. The number of rotatable bonds is 9. The fourth-order valence-corrected chi connectivity index (χ4v) is 2.19. The minimum atomic E-state index is -0.454. The van der Waals surface area contributed by atoms with Crippen LogP contribution in [0.2, 0.25) is 0 Å². The first kappa shape index (κ1) is 19.2. The lowest BCUT2D eigenvalue weighted by Gasteiger charge is -2.12. The molecule has 0 heterocycles. The average Bonchev–Trinajstić information content (AvgIpc) is 2.62. The zero-order chi connectivity index (χ0) is 18.9. The van der Waals surface area contributed by atoms with Gasteiger partial charge in [0.05, 0.1) is 24.9 Å². The lowest BCUT2D eigenvalue weighted by atomic mass is 10.1. The summed E-state index contributed by atoms with van der Waals surface area (Å²) >= 11 is 0. The van der Waals surface area contributed by atoms with Crippen molar-refractivity contribution in [3.05, 3.63) is 58.1 Å². The van der Waals surface area contributed by atoms with E-state index in [-0.39, 0.29) is 5.69 Å². The van der Waals surface area contributed by atoms with Crippen LogP contribution >= 0.6 is 0 Å². The van der Waals surface area contributed by atoms with Crippen LogP contribution in [0.5, 0.6) is 11.5 Å². The number of benzene rings is 2. The summed E-state index contributed by atoms with van der Waals surface area (Å²) in [5.74, 6) is 1.86. The summed E-state index contributed by atoms with van der Waals surface area (Å²) in [7, 11) is 1.58. The quantitative estimate of drug-likeness (QED) is 0.406. The predicted octanol–water partition coefficient (Wildman–Crippen LogP) is 4.47. The van der Waals surface area contributed by atoms with Crippen molar-refractivity contribution < 1.29 is 14.4 Å². The SMILES string of the molecule is COc1cc(C=NNc2ccccc2[N+](=O)[O-])ccc1OCCC(C)C. The highest BCUT2D eigenvalue weighted by Crippen LogP contribution is 2.28. The molecule has 0 unspecified atom stereocenters. The van der Waals surface area contributed by atoms with Gasteiger partial charge in [0.15, 0.2) is 11.5 Å². The number of hydrogen-bond donors (Lipinski definition) is 1. The van der Waals surface area contributed by atoms with E-state index in [4.69, 9.17) is 9.47 Å². The molecule has 0 radical (unpaired) electrons. The Morgan fingerprint density at radius 1 is 1.23 bits per heavy atom. The maximum atomic E-state index is 11.0. The number of nitro groups is 1. The molecule has 0 saturated heterocycles. The zero-order valence-corrected chi connectivity index (χ0v) is 15.1. The summed E-state index contributed by atoms with van der Waals surface area (Å²) in [5.41, 5.74) is 3.78. The number of para-hydroxylation sites is 2. The van der Waals surface area contributed by atoms with E-state index in [9.17, 15) is 10.1 Å². The van der Waals surface area contributed by atoms with Crippen molar-refractivity contribution in [3.8, 4) is 11.5 Å². The van der Waals surface area contributed by atoms with Gasteiger partial charge in [-0.05, 0) is 42.2 Å². The molecule has 0 atom stereocenters. The Balaban J connectivity index is 2.05. The number of hydrazone groups is 1. The monoisotopic (exact) mass is 357 g/mol. The van der Waals surface area contributed by atoms with Crippen molar-refractivity contribution in [3.63, 3.8) is 0 Å². The van der Waals surface area contributed by atoms with Crippen LogP contribution in [0, 0.1) is 16.0 Å². The van der Waals surface area contributed by atoms with Gasteiger partial charge in [-0.3, -0.25) is 15.5 Å². The van der Waals surface area contributed by atoms with Crippen molar-refractivity contribution in [2.45, 2.75) is 20.3 Å². The van der Waals surface area contributed by atoms with Gasteiger partial charge < -0.3 is 9.47 Å². The molecule has 26 heavy (non-hydrogen) atoms.